The molecule has 0 saturated carbocycles. The Kier molecular flexibility index (Phi) is 8.36. The van der Waals surface area contributed by atoms with E-state index in [1.807, 2.05) is 0 Å². The minimum absolute atomic E-state index is 0.948. The average molecular weight is 434 g/mol. The van der Waals surface area contributed by atoms with Crippen molar-refractivity contribution in [1.29, 1.82) is 0 Å². The van der Waals surface area contributed by atoms with Gasteiger partial charge in [-0.15, -0.1) is 0 Å². The number of nitrogens with zero attached hydrogens (tertiary/aromatic N) is 1. The molecule has 0 spiro atoms. The Morgan fingerprint density at radius 1 is 0.485 bits per heavy atom. The Bertz CT molecular complexity index is 1020. The molecule has 33 heavy (non-hydrogen) atoms. The maximum absolute atomic E-state index is 2.58. The van der Waals surface area contributed by atoms with E-state index in [9.17, 15) is 0 Å². The summed E-state index contributed by atoms with van der Waals surface area (Å²) in [5, 5.41) is 0. The van der Waals surface area contributed by atoms with Gasteiger partial charge >= 0.3 is 0 Å². The predicted molar refractivity (Wildman–Crippen MR) is 143 cm³/mol. The van der Waals surface area contributed by atoms with Crippen LogP contribution in [0.4, 0.5) is 11.4 Å². The predicted octanol–water partition coefficient (Wildman–Crippen LogP) is 8.59. The van der Waals surface area contributed by atoms with Gasteiger partial charge in [-0.2, -0.15) is 0 Å². The third kappa shape index (κ3) is 6.35. The van der Waals surface area contributed by atoms with Gasteiger partial charge < -0.3 is 4.90 Å². The second kappa shape index (κ2) is 12.1. The first-order chi connectivity index (χ1) is 16.3. The zero-order valence-electron chi connectivity index (χ0n) is 19.8. The van der Waals surface area contributed by atoms with E-state index in [-0.39, 0.29) is 0 Å². The first-order valence-corrected chi connectivity index (χ1v) is 12.4. The number of unbranched alkanes of at least 4 members (excludes halogenated alkanes) is 3. The Hall–Kier alpha value is -3.32. The van der Waals surface area contributed by atoms with Gasteiger partial charge in [0.15, 0.2) is 0 Å². The normalized spacial score (nSPS) is 10.8. The number of para-hydroxylation sites is 2. The lowest BCUT2D eigenvalue weighted by molar-refractivity contribution is 0.667. The fourth-order valence-electron chi connectivity index (χ4n) is 4.55. The number of hydrogen-bond donors (Lipinski definition) is 0. The van der Waals surface area contributed by atoms with Gasteiger partial charge in [-0.25, -0.2) is 0 Å². The molecule has 4 rings (SSSR count). The van der Waals surface area contributed by atoms with Crippen molar-refractivity contribution in [2.24, 2.45) is 0 Å². The zero-order valence-corrected chi connectivity index (χ0v) is 19.8. The molecule has 0 aliphatic heterocycles. The van der Waals surface area contributed by atoms with Crippen molar-refractivity contribution in [2.75, 3.05) is 11.4 Å². The van der Waals surface area contributed by atoms with Crippen LogP contribution in [-0.4, -0.2) is 6.54 Å². The summed E-state index contributed by atoms with van der Waals surface area (Å²) in [6, 6.07) is 39.5. The Labute approximate surface area is 199 Å². The van der Waals surface area contributed by atoms with Crippen molar-refractivity contribution in [3.05, 3.63) is 131 Å². The van der Waals surface area contributed by atoms with E-state index in [2.05, 4.69) is 121 Å². The van der Waals surface area contributed by atoms with Crippen LogP contribution in [-0.2, 0) is 12.8 Å². The summed E-state index contributed by atoms with van der Waals surface area (Å²) < 4.78 is 0. The highest BCUT2D eigenvalue weighted by Crippen LogP contribution is 2.34. The van der Waals surface area contributed by atoms with Crippen molar-refractivity contribution in [3.63, 3.8) is 0 Å². The van der Waals surface area contributed by atoms with Gasteiger partial charge in [0.05, 0.1) is 0 Å². The van der Waals surface area contributed by atoms with Crippen molar-refractivity contribution < 1.29 is 0 Å². The number of benzene rings is 4. The van der Waals surface area contributed by atoms with Crippen LogP contribution in [0.15, 0.2) is 109 Å². The van der Waals surface area contributed by atoms with Crippen molar-refractivity contribution in [3.8, 4) is 0 Å². The van der Waals surface area contributed by atoms with E-state index in [0.29, 0.717) is 0 Å². The van der Waals surface area contributed by atoms with Crippen molar-refractivity contribution >= 4 is 11.4 Å². The van der Waals surface area contributed by atoms with Crippen molar-refractivity contribution in [2.45, 2.75) is 45.4 Å². The summed E-state index contributed by atoms with van der Waals surface area (Å²) >= 11 is 0. The molecule has 168 valence electrons. The smallest absolute Gasteiger partial charge is 0.0446 e. The lowest BCUT2D eigenvalue weighted by atomic mass is 9.99. The average Bonchev–Trinajstić information content (AvgIpc) is 2.87. The van der Waals surface area contributed by atoms with Crippen LogP contribution in [0.2, 0.25) is 0 Å². The lowest BCUT2D eigenvalue weighted by Gasteiger charge is -2.30. The molecule has 4 aromatic carbocycles. The highest BCUT2D eigenvalue weighted by molar-refractivity contribution is 5.70. The summed E-state index contributed by atoms with van der Waals surface area (Å²) in [5.74, 6) is 0. The van der Waals surface area contributed by atoms with Gasteiger partial charge in [0.25, 0.3) is 0 Å². The minimum atomic E-state index is 0.948. The largest absolute Gasteiger partial charge is 0.341 e. The molecule has 0 fully saturated rings. The summed E-state index contributed by atoms with van der Waals surface area (Å²) in [7, 11) is 0. The quantitative estimate of drug-likeness (QED) is 0.214. The van der Waals surface area contributed by atoms with E-state index in [4.69, 9.17) is 0 Å². The molecule has 0 saturated heterocycles. The molecule has 0 aliphatic rings. The maximum atomic E-state index is 2.58. The molecule has 1 nitrogen and oxygen atoms in total. The molecule has 0 N–H and O–H groups in total. The standard InChI is InChI=1S/C32H35N/c1-2-3-4-15-24-33(31-22-13-11-20-29(31)25-27-16-7-5-8-17-27)32-23-14-12-21-30(32)26-28-18-9-6-10-19-28/h5-14,16-23H,2-4,15,24-26H2,1H3. The molecule has 0 heterocycles. The Morgan fingerprint density at radius 3 is 1.42 bits per heavy atom. The van der Waals surface area contributed by atoms with Gasteiger partial charge in [-0.05, 0) is 53.6 Å². The van der Waals surface area contributed by atoms with E-state index in [0.717, 1.165) is 19.4 Å². The molecular weight excluding hydrogens is 398 g/mol. The van der Waals surface area contributed by atoms with Crippen LogP contribution in [0.1, 0.15) is 54.9 Å². The second-order valence-electron chi connectivity index (χ2n) is 8.79. The first kappa shape index (κ1) is 22.9. The van der Waals surface area contributed by atoms with Crippen LogP contribution in [0.25, 0.3) is 0 Å². The Balaban J connectivity index is 1.70. The van der Waals surface area contributed by atoms with Crippen LogP contribution in [0, 0.1) is 0 Å². The van der Waals surface area contributed by atoms with Crippen LogP contribution < -0.4 is 4.90 Å². The van der Waals surface area contributed by atoms with Crippen LogP contribution >= 0.6 is 0 Å². The molecule has 0 bridgehead atoms. The van der Waals surface area contributed by atoms with Crippen molar-refractivity contribution in [1.82, 2.24) is 0 Å². The highest BCUT2D eigenvalue weighted by Gasteiger charge is 2.16. The number of anilines is 2. The van der Waals surface area contributed by atoms with Gasteiger partial charge in [0.1, 0.15) is 0 Å². The fourth-order valence-corrected chi connectivity index (χ4v) is 4.55. The molecule has 0 atom stereocenters. The monoisotopic (exact) mass is 433 g/mol. The van der Waals surface area contributed by atoms with Crippen LogP contribution in [0.5, 0.6) is 0 Å². The van der Waals surface area contributed by atoms with Gasteiger partial charge in [-0.3, -0.25) is 0 Å². The minimum Gasteiger partial charge on any atom is -0.341 e. The van der Waals surface area contributed by atoms with Crippen LogP contribution in [0.3, 0.4) is 0 Å². The summed E-state index contributed by atoms with van der Waals surface area (Å²) in [6.07, 6.45) is 6.93. The number of rotatable bonds is 11. The highest BCUT2D eigenvalue weighted by atomic mass is 15.1. The summed E-state index contributed by atoms with van der Waals surface area (Å²) in [5.41, 5.74) is 8.14. The van der Waals surface area contributed by atoms with Gasteiger partial charge in [-0.1, -0.05) is 123 Å². The molecule has 0 unspecified atom stereocenters. The molecule has 0 aromatic heterocycles. The molecule has 0 amide bonds. The van der Waals surface area contributed by atoms with E-state index in [1.54, 1.807) is 0 Å². The zero-order chi connectivity index (χ0) is 22.7. The first-order valence-electron chi connectivity index (χ1n) is 12.4. The summed E-state index contributed by atoms with van der Waals surface area (Å²) in [6.45, 7) is 3.32. The molecule has 4 aromatic rings. The van der Waals surface area contributed by atoms with E-state index >= 15 is 0 Å². The second-order valence-corrected chi connectivity index (χ2v) is 8.79. The molecular formula is C32H35N. The molecule has 1 heteroatoms. The van der Waals surface area contributed by atoms with Gasteiger partial charge in [0.2, 0.25) is 0 Å². The summed E-state index contributed by atoms with van der Waals surface area (Å²) in [4.78, 5) is 2.58. The number of hydrogen-bond acceptors (Lipinski definition) is 1. The van der Waals surface area contributed by atoms with Gasteiger partial charge in [0, 0.05) is 17.9 Å². The molecule has 0 aliphatic carbocycles. The maximum Gasteiger partial charge on any atom is 0.0446 e. The fraction of sp³-hybridized carbons (Fsp3) is 0.250. The SMILES string of the molecule is CCCCCCN(c1ccccc1Cc1ccccc1)c1ccccc1Cc1ccccc1. The topological polar surface area (TPSA) is 3.24 Å². The van der Waals surface area contributed by atoms with E-state index < -0.39 is 0 Å². The van der Waals surface area contributed by atoms with E-state index in [1.165, 1.54) is 59.3 Å². The lowest BCUT2D eigenvalue weighted by Crippen LogP contribution is -2.21. The third-order valence-corrected chi connectivity index (χ3v) is 6.27. The third-order valence-electron chi connectivity index (χ3n) is 6.27. The molecule has 0 radical (unpaired) electrons. The Morgan fingerprint density at radius 2 is 0.939 bits per heavy atom.